The van der Waals surface area contributed by atoms with Crippen LogP contribution in [0.5, 0.6) is 0 Å². The number of unbranched alkanes of at least 4 members (excludes halogenated alkanes) is 1. The minimum atomic E-state index is -0.936. The minimum Gasteiger partial charge on any atom is -0.481 e. The third kappa shape index (κ3) is 7.85. The van der Waals surface area contributed by atoms with Gasteiger partial charge in [0.2, 0.25) is 0 Å². The number of carbonyl (C=O) groups is 2. The molecular weight excluding hydrogens is 244 g/mol. The molecule has 1 N–H and O–H groups in total. The first kappa shape index (κ1) is 17.9. The summed E-state index contributed by atoms with van der Waals surface area (Å²) in [6, 6.07) is 0. The van der Waals surface area contributed by atoms with Gasteiger partial charge in [0.15, 0.2) is 0 Å². The molecule has 4 nitrogen and oxygen atoms in total. The van der Waals surface area contributed by atoms with Gasteiger partial charge in [-0.1, -0.05) is 47.5 Å². The van der Waals surface area contributed by atoms with Crippen molar-refractivity contribution in [2.45, 2.75) is 60.3 Å². The molecule has 0 aromatic rings. The van der Waals surface area contributed by atoms with Crippen molar-refractivity contribution in [3.63, 3.8) is 0 Å². The molecule has 0 spiro atoms. The van der Waals surface area contributed by atoms with Crippen molar-refractivity contribution < 1.29 is 19.4 Å². The molecule has 0 amide bonds. The second-order valence-electron chi connectivity index (χ2n) is 6.35. The fourth-order valence-corrected chi connectivity index (χ4v) is 1.73. The van der Waals surface area contributed by atoms with Crippen molar-refractivity contribution in [3.8, 4) is 0 Å². The minimum absolute atomic E-state index is 0.109. The SMILES string of the molecule is CCCCC(C(=O)OCCC(C)(C)C)C(C)C(=O)O. The number of ether oxygens (including phenoxy) is 1. The Hall–Kier alpha value is -1.06. The summed E-state index contributed by atoms with van der Waals surface area (Å²) >= 11 is 0. The van der Waals surface area contributed by atoms with Crippen LogP contribution in [0.15, 0.2) is 0 Å². The molecule has 0 radical (unpaired) electrons. The van der Waals surface area contributed by atoms with E-state index in [2.05, 4.69) is 20.8 Å². The van der Waals surface area contributed by atoms with E-state index in [4.69, 9.17) is 9.84 Å². The molecule has 0 aromatic carbocycles. The summed E-state index contributed by atoms with van der Waals surface area (Å²) in [6.07, 6.45) is 3.15. The Morgan fingerprint density at radius 1 is 1.26 bits per heavy atom. The standard InChI is InChI=1S/C15H28O4/c1-6-7-8-12(11(2)13(16)17)14(18)19-10-9-15(3,4)5/h11-12H,6-10H2,1-5H3,(H,16,17). The van der Waals surface area contributed by atoms with Gasteiger partial charge in [-0.3, -0.25) is 9.59 Å². The first-order chi connectivity index (χ1) is 8.69. The molecule has 2 atom stereocenters. The molecule has 0 aromatic heterocycles. The van der Waals surface area contributed by atoms with Crippen LogP contribution < -0.4 is 0 Å². The molecule has 0 heterocycles. The first-order valence-corrected chi connectivity index (χ1v) is 7.08. The molecule has 0 aliphatic carbocycles. The normalized spacial score (nSPS) is 14.8. The van der Waals surface area contributed by atoms with E-state index in [9.17, 15) is 9.59 Å². The van der Waals surface area contributed by atoms with Crippen LogP contribution in [0.2, 0.25) is 0 Å². The van der Waals surface area contributed by atoms with Crippen molar-refractivity contribution in [2.24, 2.45) is 17.3 Å². The van der Waals surface area contributed by atoms with Gasteiger partial charge >= 0.3 is 11.9 Å². The van der Waals surface area contributed by atoms with Gasteiger partial charge < -0.3 is 9.84 Å². The van der Waals surface area contributed by atoms with Gasteiger partial charge in [0, 0.05) is 0 Å². The van der Waals surface area contributed by atoms with Crippen LogP contribution in [-0.2, 0) is 14.3 Å². The zero-order valence-electron chi connectivity index (χ0n) is 12.9. The van der Waals surface area contributed by atoms with Crippen molar-refractivity contribution in [2.75, 3.05) is 6.61 Å². The lowest BCUT2D eigenvalue weighted by Gasteiger charge is -2.21. The highest BCUT2D eigenvalue weighted by Gasteiger charge is 2.30. The maximum absolute atomic E-state index is 12.0. The number of carboxylic acids is 1. The van der Waals surface area contributed by atoms with Gasteiger partial charge in [0.1, 0.15) is 0 Å². The zero-order valence-corrected chi connectivity index (χ0v) is 12.9. The summed E-state index contributed by atoms with van der Waals surface area (Å²) in [6.45, 7) is 10.2. The molecule has 0 saturated carbocycles. The molecular formula is C15H28O4. The van der Waals surface area contributed by atoms with E-state index < -0.39 is 17.8 Å². The number of carbonyl (C=O) groups excluding carboxylic acids is 1. The molecule has 2 unspecified atom stereocenters. The predicted molar refractivity (Wildman–Crippen MR) is 74.8 cm³/mol. The van der Waals surface area contributed by atoms with Gasteiger partial charge in [0.25, 0.3) is 0 Å². The van der Waals surface area contributed by atoms with Crippen molar-refractivity contribution in [1.29, 1.82) is 0 Å². The Kier molecular flexibility index (Phi) is 7.72. The van der Waals surface area contributed by atoms with E-state index in [0.29, 0.717) is 13.0 Å². The fourth-order valence-electron chi connectivity index (χ4n) is 1.73. The highest BCUT2D eigenvalue weighted by atomic mass is 16.5. The Morgan fingerprint density at radius 2 is 1.84 bits per heavy atom. The lowest BCUT2D eigenvalue weighted by molar-refractivity contribution is -0.158. The monoisotopic (exact) mass is 272 g/mol. The Morgan fingerprint density at radius 3 is 2.26 bits per heavy atom. The number of carboxylic acid groups (broad SMARTS) is 1. The van der Waals surface area contributed by atoms with E-state index in [-0.39, 0.29) is 11.4 Å². The van der Waals surface area contributed by atoms with E-state index in [0.717, 1.165) is 19.3 Å². The molecule has 19 heavy (non-hydrogen) atoms. The number of esters is 1. The molecule has 112 valence electrons. The van der Waals surface area contributed by atoms with Crippen molar-refractivity contribution >= 4 is 11.9 Å². The van der Waals surface area contributed by atoms with E-state index >= 15 is 0 Å². The summed E-state index contributed by atoms with van der Waals surface area (Å²) in [5, 5.41) is 9.05. The first-order valence-electron chi connectivity index (χ1n) is 7.08. The third-order valence-corrected chi connectivity index (χ3v) is 3.26. The highest BCUT2D eigenvalue weighted by molar-refractivity contribution is 5.80. The Labute approximate surface area is 116 Å². The van der Waals surface area contributed by atoms with Crippen LogP contribution in [0.3, 0.4) is 0 Å². The predicted octanol–water partition coefficient (Wildman–Crippen LogP) is 3.49. The maximum Gasteiger partial charge on any atom is 0.309 e. The number of rotatable bonds is 8. The van der Waals surface area contributed by atoms with Crippen LogP contribution in [0.1, 0.15) is 60.3 Å². The topological polar surface area (TPSA) is 63.6 Å². The van der Waals surface area contributed by atoms with Gasteiger partial charge in [-0.15, -0.1) is 0 Å². The molecule has 0 fully saturated rings. The number of aliphatic carboxylic acids is 1. The molecule has 4 heteroatoms. The number of hydrogen-bond donors (Lipinski definition) is 1. The molecule has 0 aliphatic heterocycles. The molecule has 0 rings (SSSR count). The Balaban J connectivity index is 4.42. The molecule has 0 aliphatic rings. The quantitative estimate of drug-likeness (QED) is 0.687. The summed E-state index contributed by atoms with van der Waals surface area (Å²) in [5.74, 6) is -2.52. The van der Waals surface area contributed by atoms with Gasteiger partial charge in [0.05, 0.1) is 18.4 Å². The smallest absolute Gasteiger partial charge is 0.309 e. The Bertz CT molecular complexity index is 291. The van der Waals surface area contributed by atoms with Gasteiger partial charge in [-0.05, 0) is 18.3 Å². The zero-order chi connectivity index (χ0) is 15.1. The van der Waals surface area contributed by atoms with Crippen LogP contribution in [0.25, 0.3) is 0 Å². The van der Waals surface area contributed by atoms with E-state index in [1.807, 2.05) is 6.92 Å². The second-order valence-corrected chi connectivity index (χ2v) is 6.35. The van der Waals surface area contributed by atoms with Crippen molar-refractivity contribution in [3.05, 3.63) is 0 Å². The lowest BCUT2D eigenvalue weighted by Crippen LogP contribution is -2.30. The molecule has 0 saturated heterocycles. The van der Waals surface area contributed by atoms with Gasteiger partial charge in [-0.25, -0.2) is 0 Å². The lowest BCUT2D eigenvalue weighted by atomic mass is 9.89. The second kappa shape index (κ2) is 8.18. The van der Waals surface area contributed by atoms with Crippen molar-refractivity contribution in [1.82, 2.24) is 0 Å². The fraction of sp³-hybridized carbons (Fsp3) is 0.867. The average molecular weight is 272 g/mol. The largest absolute Gasteiger partial charge is 0.481 e. The summed E-state index contributed by atoms with van der Waals surface area (Å²) in [5.41, 5.74) is 0.109. The summed E-state index contributed by atoms with van der Waals surface area (Å²) < 4.78 is 5.25. The van der Waals surface area contributed by atoms with E-state index in [1.54, 1.807) is 6.92 Å². The van der Waals surface area contributed by atoms with Gasteiger partial charge in [-0.2, -0.15) is 0 Å². The maximum atomic E-state index is 12.0. The number of hydrogen-bond acceptors (Lipinski definition) is 3. The summed E-state index contributed by atoms with van der Waals surface area (Å²) in [7, 11) is 0. The average Bonchev–Trinajstić information content (AvgIpc) is 2.27. The van der Waals surface area contributed by atoms with Crippen LogP contribution in [-0.4, -0.2) is 23.7 Å². The third-order valence-electron chi connectivity index (χ3n) is 3.26. The van der Waals surface area contributed by atoms with Crippen LogP contribution >= 0.6 is 0 Å². The summed E-state index contributed by atoms with van der Waals surface area (Å²) in [4.78, 5) is 23.0. The van der Waals surface area contributed by atoms with Crippen LogP contribution in [0, 0.1) is 17.3 Å². The highest BCUT2D eigenvalue weighted by Crippen LogP contribution is 2.22. The van der Waals surface area contributed by atoms with E-state index in [1.165, 1.54) is 0 Å². The molecule has 0 bridgehead atoms. The van der Waals surface area contributed by atoms with Crippen LogP contribution in [0.4, 0.5) is 0 Å².